The number of pyridine rings is 1. The summed E-state index contributed by atoms with van der Waals surface area (Å²) >= 11 is 0. The van der Waals surface area contributed by atoms with Crippen molar-refractivity contribution in [3.63, 3.8) is 0 Å². The van der Waals surface area contributed by atoms with Gasteiger partial charge in [-0.25, -0.2) is 26.1 Å². The van der Waals surface area contributed by atoms with E-state index in [1.165, 1.54) is 31.2 Å². The second-order valence-corrected chi connectivity index (χ2v) is 12.7. The van der Waals surface area contributed by atoms with E-state index >= 15 is 0 Å². The lowest BCUT2D eigenvalue weighted by Crippen LogP contribution is -2.35. The number of carbonyl (C=O) groups is 1. The molecule has 0 fully saturated rings. The van der Waals surface area contributed by atoms with Gasteiger partial charge < -0.3 is 9.47 Å². The molecule has 0 atom stereocenters. The van der Waals surface area contributed by atoms with Crippen molar-refractivity contribution in [1.29, 1.82) is 0 Å². The fourth-order valence-electron chi connectivity index (χ4n) is 4.26. The Labute approximate surface area is 252 Å². The van der Waals surface area contributed by atoms with Crippen LogP contribution in [-0.2, 0) is 35.8 Å². The molecule has 10 nitrogen and oxygen atoms in total. The van der Waals surface area contributed by atoms with E-state index in [-0.39, 0.29) is 35.3 Å². The van der Waals surface area contributed by atoms with Crippen molar-refractivity contribution in [3.05, 3.63) is 84.6 Å². The van der Waals surface area contributed by atoms with Gasteiger partial charge in [-0.1, -0.05) is 24.3 Å². The minimum Gasteiger partial charge on any atom is -0.445 e. The van der Waals surface area contributed by atoms with E-state index < -0.39 is 60.4 Å². The van der Waals surface area contributed by atoms with Gasteiger partial charge in [0.05, 0.1) is 27.2 Å². The highest BCUT2D eigenvalue weighted by atomic mass is 32.2. The van der Waals surface area contributed by atoms with Crippen molar-refractivity contribution in [2.24, 2.45) is 0 Å². The van der Waals surface area contributed by atoms with Gasteiger partial charge in [-0.2, -0.15) is 13.2 Å². The molecule has 0 spiro atoms. The molecule has 0 unspecified atom stereocenters. The van der Waals surface area contributed by atoms with Gasteiger partial charge in [0.15, 0.2) is 12.5 Å². The van der Waals surface area contributed by atoms with Crippen LogP contribution in [0.15, 0.2) is 88.8 Å². The molecule has 1 aromatic heterocycles. The van der Waals surface area contributed by atoms with Crippen molar-refractivity contribution < 1.29 is 57.4 Å². The number of hydrogen-bond donors (Lipinski definition) is 0. The number of nitrogens with zero attached hydrogens (tertiary/aromatic N) is 3. The first-order valence-corrected chi connectivity index (χ1v) is 15.4. The predicted molar refractivity (Wildman–Crippen MR) is 148 cm³/mol. The summed E-state index contributed by atoms with van der Waals surface area (Å²) in [6.07, 6.45) is -8.70. The molecule has 18 heteroatoms. The predicted octanol–water partition coefficient (Wildman–Crippen LogP) is 5.69. The summed E-state index contributed by atoms with van der Waals surface area (Å²) < 4.78 is 141. The summed E-state index contributed by atoms with van der Waals surface area (Å²) in [5, 5.41) is 0.186. The van der Waals surface area contributed by atoms with Crippen LogP contribution in [0.2, 0.25) is 0 Å². The molecule has 0 saturated heterocycles. The molecule has 0 radical (unpaired) electrons. The molecule has 4 rings (SSSR count). The number of ether oxygens (including phenoxy) is 2. The van der Waals surface area contributed by atoms with Gasteiger partial charge in [-0.3, -0.25) is 9.10 Å². The number of fused-ring (bicyclic) bond motifs is 1. The molecule has 0 aliphatic rings. The summed E-state index contributed by atoms with van der Waals surface area (Å²) in [6.45, 7) is 0.282. The van der Waals surface area contributed by atoms with Gasteiger partial charge in [0.2, 0.25) is 0 Å². The zero-order valence-electron chi connectivity index (χ0n) is 22.8. The van der Waals surface area contributed by atoms with Crippen molar-refractivity contribution in [3.8, 4) is 5.75 Å². The Morgan fingerprint density at radius 2 is 1.31 bits per heavy atom. The highest BCUT2D eigenvalue weighted by Crippen LogP contribution is 2.37. The Morgan fingerprint density at radius 3 is 1.82 bits per heavy atom. The Hall–Kier alpha value is -4.58. The maximum absolute atomic E-state index is 13.6. The Morgan fingerprint density at radius 1 is 0.778 bits per heavy atom. The van der Waals surface area contributed by atoms with Crippen LogP contribution in [0.4, 0.5) is 37.8 Å². The highest BCUT2D eigenvalue weighted by molar-refractivity contribution is 7.93. The molecule has 240 valence electrons. The molecule has 0 bridgehead atoms. The summed E-state index contributed by atoms with van der Waals surface area (Å²) in [6, 6.07) is 11.9. The third-order valence-corrected chi connectivity index (χ3v) is 9.85. The lowest BCUT2D eigenvalue weighted by Gasteiger charge is -2.27. The quantitative estimate of drug-likeness (QED) is 0.113. The van der Waals surface area contributed by atoms with Crippen LogP contribution in [0, 0.1) is 0 Å². The van der Waals surface area contributed by atoms with Crippen LogP contribution in [0.1, 0.15) is 12.5 Å². The molecular formula is C27H21F6N3O7S2. The summed E-state index contributed by atoms with van der Waals surface area (Å²) in [5.41, 5.74) is -1.15. The maximum atomic E-state index is 13.6. The van der Waals surface area contributed by atoms with Crippen molar-refractivity contribution in [1.82, 2.24) is 4.98 Å². The molecule has 0 N–H and O–H groups in total. The van der Waals surface area contributed by atoms with E-state index in [0.717, 1.165) is 46.9 Å². The number of benzene rings is 3. The molecule has 0 saturated carbocycles. The zero-order chi connectivity index (χ0) is 33.2. The number of alkyl halides is 6. The lowest BCUT2D eigenvalue weighted by molar-refractivity contribution is -0.274. The smallest absolute Gasteiger partial charge is 0.445 e. The van der Waals surface area contributed by atoms with E-state index in [0.29, 0.717) is 16.4 Å². The lowest BCUT2D eigenvalue weighted by atomic mass is 10.1. The van der Waals surface area contributed by atoms with Gasteiger partial charge in [0.1, 0.15) is 5.75 Å². The largest absolute Gasteiger partial charge is 0.573 e. The van der Waals surface area contributed by atoms with Crippen molar-refractivity contribution >= 4 is 48.8 Å². The van der Waals surface area contributed by atoms with Gasteiger partial charge in [-0.15, -0.1) is 13.2 Å². The number of anilines is 2. The average Bonchev–Trinajstić information content (AvgIpc) is 2.97. The van der Waals surface area contributed by atoms with Gasteiger partial charge >= 0.3 is 12.5 Å². The number of hydrogen-bond acceptors (Lipinski definition) is 8. The third-order valence-electron chi connectivity index (χ3n) is 6.22. The van der Waals surface area contributed by atoms with Crippen LogP contribution in [-0.4, -0.2) is 47.9 Å². The highest BCUT2D eigenvalue weighted by Gasteiger charge is 2.34. The fraction of sp³-hybridized carbons (Fsp3) is 0.185. The van der Waals surface area contributed by atoms with E-state index in [1.807, 2.05) is 0 Å². The zero-order valence-corrected chi connectivity index (χ0v) is 24.4. The monoisotopic (exact) mass is 677 g/mol. The SMILES string of the molecule is CCN(c1cnc(N(COC=O)S(=O)(=O)c2ccc(C(F)(F)F)cc2)c2ccccc12)S(=O)(=O)c1ccc(OC(F)(F)F)cc1. The number of halogens is 6. The first kappa shape index (κ1) is 33.3. The Balaban J connectivity index is 1.81. The summed E-state index contributed by atoms with van der Waals surface area (Å²) in [5.74, 6) is -0.994. The standard InChI is InChI=1S/C27H21F6N3O7S2/c1-2-35(44(38,39)21-13-9-19(10-14-21)43-27(31,32)33)24-15-34-25(23-6-4-3-5-22(23)24)36(16-42-17-37)45(40,41)20-11-7-18(8-12-20)26(28,29)30/h3-15,17H,2,16H2,1H3. The van der Waals surface area contributed by atoms with E-state index in [4.69, 9.17) is 4.74 Å². The molecule has 3 aromatic carbocycles. The molecule has 4 aromatic rings. The van der Waals surface area contributed by atoms with Crippen molar-refractivity contribution in [2.45, 2.75) is 29.3 Å². The molecule has 0 aliphatic carbocycles. The molecule has 45 heavy (non-hydrogen) atoms. The van der Waals surface area contributed by atoms with Crippen LogP contribution in [0.25, 0.3) is 10.8 Å². The molecular weight excluding hydrogens is 656 g/mol. The van der Waals surface area contributed by atoms with Crippen molar-refractivity contribution in [2.75, 3.05) is 21.9 Å². The number of sulfonamides is 2. The summed E-state index contributed by atoms with van der Waals surface area (Å²) in [4.78, 5) is 14.2. The number of rotatable bonds is 11. The van der Waals surface area contributed by atoms with Crippen LogP contribution < -0.4 is 13.3 Å². The van der Waals surface area contributed by atoms with Gasteiger partial charge in [-0.05, 0) is 55.5 Å². The van der Waals surface area contributed by atoms with E-state index in [1.54, 1.807) is 0 Å². The van der Waals surface area contributed by atoms with Crippen LogP contribution >= 0.6 is 0 Å². The molecule has 0 amide bonds. The minimum atomic E-state index is -4.99. The van der Waals surface area contributed by atoms with Crippen LogP contribution in [0.5, 0.6) is 5.75 Å². The summed E-state index contributed by atoms with van der Waals surface area (Å²) in [7, 11) is -9.14. The minimum absolute atomic E-state index is 0.0440. The topological polar surface area (TPSA) is 123 Å². The average molecular weight is 678 g/mol. The number of aromatic nitrogens is 1. The second-order valence-electron chi connectivity index (χ2n) is 8.97. The maximum Gasteiger partial charge on any atom is 0.573 e. The van der Waals surface area contributed by atoms with Gasteiger partial charge in [0, 0.05) is 17.3 Å². The Kier molecular flexibility index (Phi) is 9.20. The first-order chi connectivity index (χ1) is 21.0. The normalized spacial score (nSPS) is 12.5. The first-order valence-electron chi connectivity index (χ1n) is 12.5. The molecule has 0 aliphatic heterocycles. The van der Waals surface area contributed by atoms with Gasteiger partial charge in [0.25, 0.3) is 26.5 Å². The fourth-order valence-corrected chi connectivity index (χ4v) is 7.04. The van der Waals surface area contributed by atoms with E-state index in [2.05, 4.69) is 9.72 Å². The second kappa shape index (κ2) is 12.4. The van der Waals surface area contributed by atoms with E-state index in [9.17, 15) is 48.0 Å². The molecule has 1 heterocycles. The third kappa shape index (κ3) is 7.06. The number of carbonyl (C=O) groups excluding carboxylic acids is 1. The van der Waals surface area contributed by atoms with Crippen LogP contribution in [0.3, 0.4) is 0 Å². The Bertz CT molecular complexity index is 1900.